The fraction of sp³-hybridized carbons (Fsp3) is 0.185. The number of pyridine rings is 1. The number of hydrogen-bond acceptors (Lipinski definition) is 7. The predicted molar refractivity (Wildman–Crippen MR) is 137 cm³/mol. The molecule has 2 N–H and O–H groups in total. The summed E-state index contributed by atoms with van der Waals surface area (Å²) in [5, 5.41) is 11.1. The van der Waals surface area contributed by atoms with E-state index in [9.17, 15) is 4.79 Å². The van der Waals surface area contributed by atoms with E-state index in [1.54, 1.807) is 49.5 Å². The molecule has 1 aliphatic rings. The minimum Gasteiger partial charge on any atom is -0.497 e. The first kappa shape index (κ1) is 23.1. The van der Waals surface area contributed by atoms with Gasteiger partial charge in [-0.1, -0.05) is 24.3 Å². The van der Waals surface area contributed by atoms with Gasteiger partial charge in [0.15, 0.2) is 5.82 Å². The van der Waals surface area contributed by atoms with Gasteiger partial charge in [0.25, 0.3) is 5.91 Å². The molecule has 1 atom stereocenters. The Labute approximate surface area is 208 Å². The Morgan fingerprint density at radius 1 is 1.06 bits per heavy atom. The predicted octanol–water partition coefficient (Wildman–Crippen LogP) is 4.59. The molecule has 0 bridgehead atoms. The maximum atomic E-state index is 13.7. The van der Waals surface area contributed by atoms with Gasteiger partial charge in [0.05, 0.1) is 31.7 Å². The molecule has 1 amide bonds. The zero-order chi connectivity index (χ0) is 25.2. The zero-order valence-corrected chi connectivity index (χ0v) is 20.4. The summed E-state index contributed by atoms with van der Waals surface area (Å²) >= 11 is 0. The van der Waals surface area contributed by atoms with Crippen molar-refractivity contribution < 1.29 is 14.3 Å². The maximum Gasteiger partial charge on any atom is 0.255 e. The Bertz CT molecular complexity index is 1460. The average Bonchev–Trinajstić information content (AvgIpc) is 3.31. The summed E-state index contributed by atoms with van der Waals surface area (Å²) < 4.78 is 12.8. The van der Waals surface area contributed by atoms with Gasteiger partial charge in [0, 0.05) is 29.1 Å². The van der Waals surface area contributed by atoms with Crippen molar-refractivity contribution in [1.82, 2.24) is 19.7 Å². The Morgan fingerprint density at radius 3 is 2.61 bits per heavy atom. The summed E-state index contributed by atoms with van der Waals surface area (Å²) in [4.78, 5) is 22.5. The fourth-order valence-corrected chi connectivity index (χ4v) is 4.35. The lowest BCUT2D eigenvalue weighted by Crippen LogP contribution is -2.31. The third kappa shape index (κ3) is 4.15. The first-order chi connectivity index (χ1) is 17.5. The number of hydrogen-bond donors (Lipinski definition) is 2. The standard InChI is InChI=1S/C27H26N6O3/c1-16-8-5-6-10-20(16)25-31-27-29-17(2)23(26(34)30-18-9-7-13-28-15-18)24(33(27)32-25)21-12-11-19(35-3)14-22(21)36-4/h5-15,24H,1-4H3,(H,30,34)(H,29,31,32). The number of carbonyl (C=O) groups is 1. The molecule has 9 heteroatoms. The van der Waals surface area contributed by atoms with Crippen molar-refractivity contribution in [3.05, 3.63) is 89.4 Å². The van der Waals surface area contributed by atoms with Crippen LogP contribution in [0.1, 0.15) is 24.1 Å². The number of rotatable bonds is 6. The number of aryl methyl sites for hydroxylation is 1. The average molecular weight is 483 g/mol. The number of ether oxygens (including phenoxy) is 2. The van der Waals surface area contributed by atoms with Crippen LogP contribution in [0.15, 0.2) is 78.3 Å². The molecule has 0 radical (unpaired) electrons. The molecule has 1 unspecified atom stereocenters. The van der Waals surface area contributed by atoms with Gasteiger partial charge < -0.3 is 20.1 Å². The Balaban J connectivity index is 1.67. The summed E-state index contributed by atoms with van der Waals surface area (Å²) in [6, 6.07) is 16.4. The van der Waals surface area contributed by atoms with Gasteiger partial charge in [-0.2, -0.15) is 4.98 Å². The summed E-state index contributed by atoms with van der Waals surface area (Å²) in [5.41, 5.74) is 4.46. The van der Waals surface area contributed by atoms with E-state index in [1.165, 1.54) is 0 Å². The number of anilines is 2. The number of aromatic nitrogens is 4. The fourth-order valence-electron chi connectivity index (χ4n) is 4.35. The van der Waals surface area contributed by atoms with Gasteiger partial charge in [0.2, 0.25) is 5.95 Å². The quantitative estimate of drug-likeness (QED) is 0.414. The van der Waals surface area contributed by atoms with E-state index in [0.717, 1.165) is 16.7 Å². The zero-order valence-electron chi connectivity index (χ0n) is 20.4. The van der Waals surface area contributed by atoms with Crippen molar-refractivity contribution in [2.75, 3.05) is 24.9 Å². The topological polar surface area (TPSA) is 103 Å². The Morgan fingerprint density at radius 2 is 1.89 bits per heavy atom. The first-order valence-electron chi connectivity index (χ1n) is 11.4. The van der Waals surface area contributed by atoms with Gasteiger partial charge in [-0.3, -0.25) is 9.78 Å². The van der Waals surface area contributed by atoms with E-state index in [1.807, 2.05) is 50.2 Å². The van der Waals surface area contributed by atoms with E-state index in [2.05, 4.69) is 15.6 Å². The van der Waals surface area contributed by atoms with Crippen molar-refractivity contribution in [3.63, 3.8) is 0 Å². The summed E-state index contributed by atoms with van der Waals surface area (Å²) in [5.74, 6) is 2.03. The van der Waals surface area contributed by atoms with Crippen molar-refractivity contribution in [2.45, 2.75) is 19.9 Å². The van der Waals surface area contributed by atoms with Gasteiger partial charge in [-0.15, -0.1) is 5.10 Å². The van der Waals surface area contributed by atoms with Crippen LogP contribution >= 0.6 is 0 Å². The molecule has 36 heavy (non-hydrogen) atoms. The minimum absolute atomic E-state index is 0.283. The molecule has 3 heterocycles. The van der Waals surface area contributed by atoms with Crippen molar-refractivity contribution in [2.24, 2.45) is 0 Å². The number of amides is 1. The highest BCUT2D eigenvalue weighted by molar-refractivity contribution is 6.06. The third-order valence-electron chi connectivity index (χ3n) is 6.14. The second-order valence-electron chi connectivity index (χ2n) is 8.39. The second-order valence-corrected chi connectivity index (χ2v) is 8.39. The summed E-state index contributed by atoms with van der Waals surface area (Å²) in [7, 11) is 3.19. The largest absolute Gasteiger partial charge is 0.497 e. The van der Waals surface area contributed by atoms with Crippen LogP contribution in [-0.2, 0) is 4.79 Å². The molecular formula is C27H26N6O3. The van der Waals surface area contributed by atoms with Gasteiger partial charge >= 0.3 is 0 Å². The van der Waals surface area contributed by atoms with Crippen molar-refractivity contribution >= 4 is 17.5 Å². The number of nitrogens with zero attached hydrogens (tertiary/aromatic N) is 4. The number of carbonyl (C=O) groups excluding carboxylic acids is 1. The maximum absolute atomic E-state index is 13.7. The number of allylic oxidation sites excluding steroid dienone is 1. The van der Waals surface area contributed by atoms with Crippen LogP contribution in [0, 0.1) is 6.92 Å². The normalized spacial score (nSPS) is 14.6. The molecule has 0 spiro atoms. The molecule has 0 fully saturated rings. The monoisotopic (exact) mass is 482 g/mol. The molecule has 0 saturated heterocycles. The lowest BCUT2D eigenvalue weighted by atomic mass is 9.94. The molecule has 9 nitrogen and oxygen atoms in total. The number of benzene rings is 2. The van der Waals surface area contributed by atoms with E-state index in [4.69, 9.17) is 19.6 Å². The highest BCUT2D eigenvalue weighted by Gasteiger charge is 2.36. The number of methoxy groups -OCH3 is 2. The number of nitrogens with one attached hydrogen (secondary N) is 2. The molecule has 5 rings (SSSR count). The van der Waals surface area contributed by atoms with Crippen LogP contribution < -0.4 is 20.1 Å². The van der Waals surface area contributed by atoms with Gasteiger partial charge in [-0.25, -0.2) is 4.68 Å². The molecular weight excluding hydrogens is 456 g/mol. The first-order valence-corrected chi connectivity index (χ1v) is 11.4. The molecule has 182 valence electrons. The molecule has 0 saturated carbocycles. The van der Waals surface area contributed by atoms with E-state index >= 15 is 0 Å². The van der Waals surface area contributed by atoms with E-state index in [0.29, 0.717) is 40.2 Å². The van der Waals surface area contributed by atoms with Crippen molar-refractivity contribution in [1.29, 1.82) is 0 Å². The second kappa shape index (κ2) is 9.53. The van der Waals surface area contributed by atoms with Crippen LogP contribution in [0.2, 0.25) is 0 Å². The smallest absolute Gasteiger partial charge is 0.255 e. The van der Waals surface area contributed by atoms with Crippen LogP contribution in [0.4, 0.5) is 11.6 Å². The minimum atomic E-state index is -0.607. The Kier molecular flexibility index (Phi) is 6.12. The van der Waals surface area contributed by atoms with Gasteiger partial charge in [-0.05, 0) is 43.7 Å². The van der Waals surface area contributed by atoms with Crippen LogP contribution in [0.25, 0.3) is 11.4 Å². The van der Waals surface area contributed by atoms with Gasteiger partial charge in [0.1, 0.15) is 17.5 Å². The summed E-state index contributed by atoms with van der Waals surface area (Å²) in [6.07, 6.45) is 3.26. The van der Waals surface area contributed by atoms with Crippen LogP contribution in [0.3, 0.4) is 0 Å². The van der Waals surface area contributed by atoms with Crippen LogP contribution in [0.5, 0.6) is 11.5 Å². The van der Waals surface area contributed by atoms with Crippen molar-refractivity contribution in [3.8, 4) is 22.9 Å². The molecule has 0 aliphatic carbocycles. The lowest BCUT2D eigenvalue weighted by molar-refractivity contribution is -0.113. The molecule has 4 aromatic rings. The Hall–Kier alpha value is -4.66. The molecule has 2 aromatic heterocycles. The van der Waals surface area contributed by atoms with Crippen LogP contribution in [-0.4, -0.2) is 39.9 Å². The number of fused-ring (bicyclic) bond motifs is 1. The summed E-state index contributed by atoms with van der Waals surface area (Å²) in [6.45, 7) is 3.87. The molecule has 1 aliphatic heterocycles. The SMILES string of the molecule is COc1ccc(C2C(C(=O)Nc3cccnc3)=C(C)Nc3nc(-c4ccccc4C)nn32)c(OC)c1. The molecule has 2 aromatic carbocycles. The van der Waals surface area contributed by atoms with E-state index < -0.39 is 6.04 Å². The lowest BCUT2D eigenvalue weighted by Gasteiger charge is -2.29. The highest BCUT2D eigenvalue weighted by atomic mass is 16.5. The van der Waals surface area contributed by atoms with E-state index in [-0.39, 0.29) is 5.91 Å². The third-order valence-corrected chi connectivity index (χ3v) is 6.14. The highest BCUT2D eigenvalue weighted by Crippen LogP contribution is 2.41.